The van der Waals surface area contributed by atoms with Crippen LogP contribution in [0, 0.1) is 0 Å². The molecule has 4 heteroatoms. The second-order valence-corrected chi connectivity index (χ2v) is 7.15. The zero-order valence-electron chi connectivity index (χ0n) is 9.71. The normalized spacial score (nSPS) is 41.1. The van der Waals surface area contributed by atoms with Crippen LogP contribution in [0.4, 0.5) is 0 Å². The second kappa shape index (κ2) is 4.18. The Labute approximate surface area is 104 Å². The second-order valence-electron chi connectivity index (χ2n) is 5.16. The number of rotatable bonds is 1. The smallest absolute Gasteiger partial charge is 0.109 e. The predicted octanol–water partition coefficient (Wildman–Crippen LogP) is 1.73. The van der Waals surface area contributed by atoms with Crippen molar-refractivity contribution < 1.29 is 9.32 Å². The summed E-state index contributed by atoms with van der Waals surface area (Å²) in [6, 6.07) is 5.64. The van der Waals surface area contributed by atoms with Gasteiger partial charge in [-0.25, -0.2) is 0 Å². The number of aliphatic hydroxyl groups is 1. The van der Waals surface area contributed by atoms with E-state index in [2.05, 4.69) is 4.98 Å². The summed E-state index contributed by atoms with van der Waals surface area (Å²) in [5.41, 5.74) is -0.112. The molecule has 0 amide bonds. The van der Waals surface area contributed by atoms with Crippen LogP contribution >= 0.6 is 0 Å². The van der Waals surface area contributed by atoms with Crippen LogP contribution < -0.4 is 0 Å². The first-order valence-electron chi connectivity index (χ1n) is 6.22. The topological polar surface area (TPSA) is 50.2 Å². The molecule has 2 bridgehead atoms. The minimum atomic E-state index is -0.856. The van der Waals surface area contributed by atoms with Crippen molar-refractivity contribution in [1.29, 1.82) is 0 Å². The lowest BCUT2D eigenvalue weighted by molar-refractivity contribution is 0.00249. The standard InChI is InChI=1S/C13H17NO2S/c15-13(12-6-1-2-7-14-12)8-10-4-3-5-11(9-13)17(10)16/h1-2,6-7,10-11,15H,3-5,8-9H2. The van der Waals surface area contributed by atoms with Gasteiger partial charge in [0.25, 0.3) is 0 Å². The third-order valence-corrected chi connectivity index (χ3v) is 6.10. The molecule has 1 N–H and O–H groups in total. The van der Waals surface area contributed by atoms with E-state index in [0.29, 0.717) is 12.8 Å². The van der Waals surface area contributed by atoms with Crippen LogP contribution in [0.25, 0.3) is 0 Å². The van der Waals surface area contributed by atoms with E-state index in [-0.39, 0.29) is 10.5 Å². The van der Waals surface area contributed by atoms with Crippen molar-refractivity contribution in [3.63, 3.8) is 0 Å². The van der Waals surface area contributed by atoms with Crippen molar-refractivity contribution in [2.24, 2.45) is 0 Å². The summed E-state index contributed by atoms with van der Waals surface area (Å²) in [6.45, 7) is 0. The summed E-state index contributed by atoms with van der Waals surface area (Å²) in [6.07, 6.45) is 6.05. The molecule has 3 nitrogen and oxygen atoms in total. The van der Waals surface area contributed by atoms with E-state index in [1.165, 1.54) is 0 Å². The van der Waals surface area contributed by atoms with Gasteiger partial charge in [0, 0.05) is 27.5 Å². The first-order chi connectivity index (χ1) is 8.19. The summed E-state index contributed by atoms with van der Waals surface area (Å²) in [5.74, 6) is 0. The van der Waals surface area contributed by atoms with Gasteiger partial charge in [0.05, 0.1) is 5.69 Å². The van der Waals surface area contributed by atoms with Gasteiger partial charge in [0.2, 0.25) is 0 Å². The van der Waals surface area contributed by atoms with Crippen molar-refractivity contribution in [3.8, 4) is 0 Å². The van der Waals surface area contributed by atoms with Crippen LogP contribution in [0.3, 0.4) is 0 Å². The molecule has 2 unspecified atom stereocenters. The average Bonchev–Trinajstić information content (AvgIpc) is 2.33. The minimum absolute atomic E-state index is 0.162. The van der Waals surface area contributed by atoms with E-state index in [9.17, 15) is 9.32 Å². The SMILES string of the molecule is O=S1C2CCCC1CC(O)(c1ccccn1)C2. The van der Waals surface area contributed by atoms with E-state index in [4.69, 9.17) is 0 Å². The summed E-state index contributed by atoms with van der Waals surface area (Å²) in [5, 5.41) is 11.1. The Morgan fingerprint density at radius 3 is 2.59 bits per heavy atom. The third kappa shape index (κ3) is 1.93. The molecule has 0 saturated carbocycles. The molecule has 17 heavy (non-hydrogen) atoms. The fraction of sp³-hybridized carbons (Fsp3) is 0.615. The molecule has 2 aliphatic heterocycles. The highest BCUT2D eigenvalue weighted by molar-refractivity contribution is 7.86. The van der Waals surface area contributed by atoms with Gasteiger partial charge in [-0.15, -0.1) is 0 Å². The molecule has 0 aromatic carbocycles. The summed E-state index contributed by atoms with van der Waals surface area (Å²) < 4.78 is 12.1. The Morgan fingerprint density at radius 1 is 1.29 bits per heavy atom. The first kappa shape index (κ1) is 11.4. The van der Waals surface area contributed by atoms with E-state index in [0.717, 1.165) is 25.0 Å². The Kier molecular flexibility index (Phi) is 2.79. The summed E-state index contributed by atoms with van der Waals surface area (Å²) >= 11 is 0. The Morgan fingerprint density at radius 2 is 2.00 bits per heavy atom. The van der Waals surface area contributed by atoms with E-state index in [1.807, 2.05) is 18.2 Å². The predicted molar refractivity (Wildman–Crippen MR) is 66.9 cm³/mol. The van der Waals surface area contributed by atoms with E-state index in [1.54, 1.807) is 6.20 Å². The Hall–Kier alpha value is -0.740. The summed E-state index contributed by atoms with van der Waals surface area (Å²) in [7, 11) is -0.744. The van der Waals surface area contributed by atoms with Crippen LogP contribution in [0.1, 0.15) is 37.8 Å². The number of aromatic nitrogens is 1. The van der Waals surface area contributed by atoms with Crippen LogP contribution in [0.15, 0.2) is 24.4 Å². The maximum absolute atomic E-state index is 12.1. The molecule has 1 aromatic heterocycles. The quantitative estimate of drug-likeness (QED) is 0.827. The lowest BCUT2D eigenvalue weighted by Gasteiger charge is -2.43. The van der Waals surface area contributed by atoms with Crippen molar-refractivity contribution in [2.75, 3.05) is 0 Å². The molecule has 0 aliphatic carbocycles. The van der Waals surface area contributed by atoms with Gasteiger partial charge < -0.3 is 5.11 Å². The molecular weight excluding hydrogens is 234 g/mol. The summed E-state index contributed by atoms with van der Waals surface area (Å²) in [4.78, 5) is 4.28. The molecule has 0 spiro atoms. The van der Waals surface area contributed by atoms with Gasteiger partial charge in [0.15, 0.2) is 0 Å². The highest BCUT2D eigenvalue weighted by atomic mass is 32.2. The van der Waals surface area contributed by atoms with E-state index >= 15 is 0 Å². The molecule has 3 heterocycles. The fourth-order valence-corrected chi connectivity index (χ4v) is 5.35. The van der Waals surface area contributed by atoms with Gasteiger partial charge in [0.1, 0.15) is 5.60 Å². The largest absolute Gasteiger partial charge is 0.383 e. The van der Waals surface area contributed by atoms with Gasteiger partial charge in [-0.3, -0.25) is 9.19 Å². The maximum Gasteiger partial charge on any atom is 0.109 e. The van der Waals surface area contributed by atoms with Crippen LogP contribution in [0.2, 0.25) is 0 Å². The molecule has 2 saturated heterocycles. The Bertz CT molecular complexity index is 418. The number of fused-ring (bicyclic) bond motifs is 2. The van der Waals surface area contributed by atoms with Crippen LogP contribution in [-0.2, 0) is 16.4 Å². The average molecular weight is 251 g/mol. The van der Waals surface area contributed by atoms with Crippen LogP contribution in [0.5, 0.6) is 0 Å². The van der Waals surface area contributed by atoms with Crippen molar-refractivity contribution in [3.05, 3.63) is 30.1 Å². The first-order valence-corrected chi connectivity index (χ1v) is 7.50. The minimum Gasteiger partial charge on any atom is -0.383 e. The molecule has 1 aromatic rings. The zero-order chi connectivity index (χ0) is 11.9. The van der Waals surface area contributed by atoms with Gasteiger partial charge >= 0.3 is 0 Å². The number of hydrogen-bond donors (Lipinski definition) is 1. The Balaban J connectivity index is 1.92. The monoisotopic (exact) mass is 251 g/mol. The number of hydrogen-bond acceptors (Lipinski definition) is 3. The highest BCUT2D eigenvalue weighted by Gasteiger charge is 2.46. The third-order valence-electron chi connectivity index (χ3n) is 3.98. The van der Waals surface area contributed by atoms with Crippen molar-refractivity contribution in [2.45, 2.75) is 48.2 Å². The fourth-order valence-electron chi connectivity index (χ4n) is 3.13. The molecular formula is C13H17NO2S. The zero-order valence-corrected chi connectivity index (χ0v) is 10.5. The molecule has 0 radical (unpaired) electrons. The highest BCUT2D eigenvalue weighted by Crippen LogP contribution is 2.43. The van der Waals surface area contributed by atoms with Crippen LogP contribution in [-0.4, -0.2) is 24.8 Å². The van der Waals surface area contributed by atoms with Gasteiger partial charge in [-0.05, 0) is 37.8 Å². The lowest BCUT2D eigenvalue weighted by atomic mass is 9.83. The van der Waals surface area contributed by atoms with Gasteiger partial charge in [-0.2, -0.15) is 0 Å². The molecule has 92 valence electrons. The molecule has 2 fully saturated rings. The lowest BCUT2D eigenvalue weighted by Crippen LogP contribution is -2.47. The number of pyridine rings is 1. The molecule has 2 aliphatic rings. The molecule has 3 rings (SSSR count). The van der Waals surface area contributed by atoms with Crippen molar-refractivity contribution >= 4 is 10.8 Å². The van der Waals surface area contributed by atoms with Gasteiger partial charge in [-0.1, -0.05) is 12.5 Å². The van der Waals surface area contributed by atoms with Crippen molar-refractivity contribution in [1.82, 2.24) is 4.98 Å². The maximum atomic E-state index is 12.1. The van der Waals surface area contributed by atoms with E-state index < -0.39 is 16.4 Å². The molecule has 2 atom stereocenters. The number of nitrogens with zero attached hydrogens (tertiary/aromatic N) is 1.